The van der Waals surface area contributed by atoms with Crippen LogP contribution in [0.4, 0.5) is 0 Å². The molecule has 1 N–H and O–H groups in total. The van der Waals surface area contributed by atoms with Crippen LogP contribution in [0.3, 0.4) is 0 Å². The van der Waals surface area contributed by atoms with Crippen LogP contribution in [-0.2, 0) is 13.1 Å². The van der Waals surface area contributed by atoms with Gasteiger partial charge in [0.05, 0.1) is 11.7 Å². The van der Waals surface area contributed by atoms with Crippen LogP contribution in [0.1, 0.15) is 24.5 Å². The summed E-state index contributed by atoms with van der Waals surface area (Å²) in [5, 5.41) is 3.46. The van der Waals surface area contributed by atoms with Crippen molar-refractivity contribution in [3.63, 3.8) is 0 Å². The van der Waals surface area contributed by atoms with Crippen LogP contribution in [-0.4, -0.2) is 59.1 Å². The maximum Gasteiger partial charge on any atom is 0.125 e. The number of piperazine rings is 1. The molecule has 5 heteroatoms. The van der Waals surface area contributed by atoms with Gasteiger partial charge >= 0.3 is 0 Å². The van der Waals surface area contributed by atoms with Crippen LogP contribution in [0.5, 0.6) is 0 Å². The molecule has 0 bridgehead atoms. The average Bonchev–Trinajstić information content (AvgIpc) is 2.77. The van der Waals surface area contributed by atoms with Crippen molar-refractivity contribution in [2.24, 2.45) is 0 Å². The van der Waals surface area contributed by atoms with Gasteiger partial charge in [-0.15, -0.1) is 0 Å². The second-order valence-corrected chi connectivity index (χ2v) is 5.51. The molecule has 1 saturated heterocycles. The minimum absolute atomic E-state index is 0.389. The number of aromatic nitrogens is 2. The van der Waals surface area contributed by atoms with Crippen molar-refractivity contribution in [2.45, 2.75) is 26.1 Å². The largest absolute Gasteiger partial charge is 0.328 e. The highest BCUT2D eigenvalue weighted by Crippen LogP contribution is 2.18. The zero-order chi connectivity index (χ0) is 12.5. The van der Waals surface area contributed by atoms with E-state index in [0.717, 1.165) is 19.6 Å². The van der Waals surface area contributed by atoms with E-state index in [9.17, 15) is 0 Å². The highest BCUT2D eigenvalue weighted by Gasteiger charge is 2.21. The quantitative estimate of drug-likeness (QED) is 0.817. The predicted octanol–water partition coefficient (Wildman–Crippen LogP) is 0.295. The number of rotatable bonds is 2. The summed E-state index contributed by atoms with van der Waals surface area (Å²) in [6, 6.07) is 0.389. The van der Waals surface area contributed by atoms with Gasteiger partial charge in [-0.1, -0.05) is 0 Å². The van der Waals surface area contributed by atoms with Crippen LogP contribution < -0.4 is 5.32 Å². The first-order valence-electron chi connectivity index (χ1n) is 6.92. The molecule has 0 aliphatic carbocycles. The van der Waals surface area contributed by atoms with Crippen molar-refractivity contribution in [3.05, 3.63) is 17.7 Å². The highest BCUT2D eigenvalue weighted by atomic mass is 15.3. The Labute approximate surface area is 109 Å². The van der Waals surface area contributed by atoms with Crippen molar-refractivity contribution >= 4 is 0 Å². The molecule has 3 rings (SSSR count). The topological polar surface area (TPSA) is 36.3 Å². The fourth-order valence-electron chi connectivity index (χ4n) is 2.88. The lowest BCUT2D eigenvalue weighted by atomic mass is 10.2. The van der Waals surface area contributed by atoms with Crippen molar-refractivity contribution in [1.82, 2.24) is 24.7 Å². The van der Waals surface area contributed by atoms with E-state index in [1.165, 1.54) is 37.7 Å². The summed E-state index contributed by atoms with van der Waals surface area (Å²) in [5.41, 5.74) is 1.38. The predicted molar refractivity (Wildman–Crippen MR) is 71.4 cm³/mol. The Hall–Kier alpha value is -0.910. The Balaban J connectivity index is 1.70. The Morgan fingerprint density at radius 2 is 2.06 bits per heavy atom. The van der Waals surface area contributed by atoms with Crippen LogP contribution in [0.25, 0.3) is 0 Å². The fraction of sp³-hybridized carbons (Fsp3) is 0.769. The third-order valence-electron chi connectivity index (χ3n) is 4.12. The first-order chi connectivity index (χ1) is 8.74. The van der Waals surface area contributed by atoms with Gasteiger partial charge in [0.2, 0.25) is 0 Å². The SMILES string of the molecule is CC1NCCn2c(CN3CCN(C)CC3)cnc21. The van der Waals surface area contributed by atoms with Gasteiger partial charge in [-0.05, 0) is 14.0 Å². The van der Waals surface area contributed by atoms with Gasteiger partial charge in [0.25, 0.3) is 0 Å². The fourth-order valence-corrected chi connectivity index (χ4v) is 2.88. The van der Waals surface area contributed by atoms with E-state index >= 15 is 0 Å². The molecule has 1 fully saturated rings. The first kappa shape index (κ1) is 12.1. The monoisotopic (exact) mass is 249 g/mol. The second-order valence-electron chi connectivity index (χ2n) is 5.51. The molecular formula is C13H23N5. The number of nitrogens with zero attached hydrogens (tertiary/aromatic N) is 4. The van der Waals surface area contributed by atoms with E-state index in [0.29, 0.717) is 6.04 Å². The van der Waals surface area contributed by atoms with Crippen LogP contribution in [0, 0.1) is 0 Å². The summed E-state index contributed by atoms with van der Waals surface area (Å²) in [4.78, 5) is 9.52. The van der Waals surface area contributed by atoms with Crippen molar-refractivity contribution in [1.29, 1.82) is 0 Å². The normalized spacial score (nSPS) is 26.2. The van der Waals surface area contributed by atoms with Gasteiger partial charge in [0, 0.05) is 52.0 Å². The Kier molecular flexibility index (Phi) is 3.37. The third kappa shape index (κ3) is 2.30. The smallest absolute Gasteiger partial charge is 0.125 e. The number of nitrogens with one attached hydrogen (secondary N) is 1. The number of likely N-dealkylation sites (N-methyl/N-ethyl adjacent to an activating group) is 1. The molecule has 2 aliphatic heterocycles. The van der Waals surface area contributed by atoms with Crippen LogP contribution >= 0.6 is 0 Å². The molecule has 0 saturated carbocycles. The van der Waals surface area contributed by atoms with Gasteiger partial charge in [0.1, 0.15) is 5.82 Å². The van der Waals surface area contributed by atoms with E-state index in [-0.39, 0.29) is 0 Å². The third-order valence-corrected chi connectivity index (χ3v) is 4.12. The number of hydrogen-bond donors (Lipinski definition) is 1. The lowest BCUT2D eigenvalue weighted by Crippen LogP contribution is -2.44. The summed E-state index contributed by atoms with van der Waals surface area (Å²) in [5.74, 6) is 1.20. The Bertz CT molecular complexity index is 406. The van der Waals surface area contributed by atoms with E-state index in [2.05, 4.69) is 44.8 Å². The molecule has 3 heterocycles. The molecule has 0 aromatic carbocycles. The van der Waals surface area contributed by atoms with Crippen LogP contribution in [0.15, 0.2) is 6.20 Å². The van der Waals surface area contributed by atoms with Gasteiger partial charge in [-0.3, -0.25) is 4.90 Å². The molecule has 5 nitrogen and oxygen atoms in total. The molecule has 100 valence electrons. The second kappa shape index (κ2) is 4.99. The van der Waals surface area contributed by atoms with Gasteiger partial charge < -0.3 is 14.8 Å². The van der Waals surface area contributed by atoms with Gasteiger partial charge in [-0.25, -0.2) is 4.98 Å². The molecular weight excluding hydrogens is 226 g/mol. The summed E-state index contributed by atoms with van der Waals surface area (Å²) >= 11 is 0. The van der Waals surface area contributed by atoms with Gasteiger partial charge in [-0.2, -0.15) is 0 Å². The molecule has 1 aromatic heterocycles. The molecule has 0 amide bonds. The van der Waals surface area contributed by atoms with Crippen molar-refractivity contribution in [2.75, 3.05) is 39.8 Å². The number of fused-ring (bicyclic) bond motifs is 1. The zero-order valence-electron chi connectivity index (χ0n) is 11.4. The summed E-state index contributed by atoms with van der Waals surface area (Å²) < 4.78 is 2.40. The van der Waals surface area contributed by atoms with Gasteiger partial charge in [0.15, 0.2) is 0 Å². The standard InChI is InChI=1S/C13H23N5/c1-11-13-15-9-12(18(13)4-3-14-11)10-17-7-5-16(2)6-8-17/h9,11,14H,3-8,10H2,1-2H3. The van der Waals surface area contributed by atoms with E-state index in [4.69, 9.17) is 0 Å². The summed E-state index contributed by atoms with van der Waals surface area (Å²) in [7, 11) is 2.20. The molecule has 0 spiro atoms. The zero-order valence-corrected chi connectivity index (χ0v) is 11.4. The van der Waals surface area contributed by atoms with E-state index < -0.39 is 0 Å². The summed E-state index contributed by atoms with van der Waals surface area (Å²) in [6.07, 6.45) is 2.07. The maximum atomic E-state index is 4.58. The highest BCUT2D eigenvalue weighted by molar-refractivity contribution is 5.10. The lowest BCUT2D eigenvalue weighted by molar-refractivity contribution is 0.145. The molecule has 18 heavy (non-hydrogen) atoms. The number of imidazole rings is 1. The molecule has 2 aliphatic rings. The molecule has 1 aromatic rings. The first-order valence-corrected chi connectivity index (χ1v) is 6.92. The van der Waals surface area contributed by atoms with E-state index in [1.54, 1.807) is 0 Å². The summed E-state index contributed by atoms with van der Waals surface area (Å²) in [6.45, 7) is 10.1. The molecule has 0 radical (unpaired) electrons. The maximum absolute atomic E-state index is 4.58. The minimum Gasteiger partial charge on any atom is -0.328 e. The molecule has 1 atom stereocenters. The van der Waals surface area contributed by atoms with E-state index in [1.807, 2.05) is 0 Å². The molecule has 1 unspecified atom stereocenters. The Morgan fingerprint density at radius 1 is 1.28 bits per heavy atom. The van der Waals surface area contributed by atoms with Crippen LogP contribution in [0.2, 0.25) is 0 Å². The van der Waals surface area contributed by atoms with Crippen molar-refractivity contribution in [3.8, 4) is 0 Å². The Morgan fingerprint density at radius 3 is 2.83 bits per heavy atom. The number of hydrogen-bond acceptors (Lipinski definition) is 4. The minimum atomic E-state index is 0.389. The van der Waals surface area contributed by atoms with Crippen molar-refractivity contribution < 1.29 is 0 Å². The lowest BCUT2D eigenvalue weighted by Gasteiger charge is -2.33. The average molecular weight is 249 g/mol.